The van der Waals surface area contributed by atoms with Gasteiger partial charge in [0.25, 0.3) is 0 Å². The van der Waals surface area contributed by atoms with Crippen LogP contribution in [0.15, 0.2) is 41.6 Å². The molecule has 0 atom stereocenters. The van der Waals surface area contributed by atoms with Crippen LogP contribution in [0.5, 0.6) is 0 Å². The summed E-state index contributed by atoms with van der Waals surface area (Å²) in [5.41, 5.74) is 10.8. The van der Waals surface area contributed by atoms with Gasteiger partial charge in [0.1, 0.15) is 0 Å². The molecule has 9 heteroatoms. The van der Waals surface area contributed by atoms with Gasteiger partial charge in [-0.25, -0.2) is 14.8 Å². The molecule has 3 N–H and O–H groups in total. The van der Waals surface area contributed by atoms with Crippen LogP contribution in [0.1, 0.15) is 18.4 Å². The van der Waals surface area contributed by atoms with Gasteiger partial charge in [-0.2, -0.15) is 0 Å². The number of fused-ring (bicyclic) bond motifs is 1. The molecule has 0 bridgehead atoms. The highest BCUT2D eigenvalue weighted by Crippen LogP contribution is 2.27. The maximum absolute atomic E-state index is 12.5. The average Bonchev–Trinajstić information content (AvgIpc) is 3.37. The van der Waals surface area contributed by atoms with E-state index < -0.39 is 0 Å². The fraction of sp³-hybridized carbons (Fsp3) is 0.350. The van der Waals surface area contributed by atoms with Crippen LogP contribution >= 0.6 is 0 Å². The molecule has 1 fully saturated rings. The van der Waals surface area contributed by atoms with Crippen molar-refractivity contribution in [3.63, 3.8) is 0 Å². The Morgan fingerprint density at radius 2 is 2.14 bits per heavy atom. The molecule has 2 aliphatic rings. The third-order valence-electron chi connectivity index (χ3n) is 5.51. The SMILES string of the molecule is Cc1cc(-c2cnc3[nH]c(=O)n(CC4CCOCC4)c3n2)ccc1N1C=CNN1. The smallest absolute Gasteiger partial charge is 0.328 e. The number of benzene rings is 1. The lowest BCUT2D eigenvalue weighted by Gasteiger charge is -2.22. The van der Waals surface area contributed by atoms with Gasteiger partial charge in [-0.1, -0.05) is 6.07 Å². The molecule has 1 saturated heterocycles. The third-order valence-corrected chi connectivity index (χ3v) is 5.51. The van der Waals surface area contributed by atoms with Gasteiger partial charge in [0.15, 0.2) is 11.3 Å². The first-order chi connectivity index (χ1) is 14.2. The number of ether oxygens (including phenoxy) is 1. The van der Waals surface area contributed by atoms with E-state index in [-0.39, 0.29) is 5.69 Å². The maximum Gasteiger partial charge on any atom is 0.328 e. The van der Waals surface area contributed by atoms with Gasteiger partial charge in [-0.15, -0.1) is 5.53 Å². The van der Waals surface area contributed by atoms with Crippen LogP contribution < -0.4 is 21.7 Å². The first-order valence-corrected chi connectivity index (χ1v) is 9.80. The molecular formula is C20H23N7O2. The Kier molecular flexibility index (Phi) is 4.53. The van der Waals surface area contributed by atoms with Crippen LogP contribution in [0, 0.1) is 12.8 Å². The van der Waals surface area contributed by atoms with Gasteiger partial charge in [-0.05, 0) is 43.4 Å². The van der Waals surface area contributed by atoms with E-state index in [0.717, 1.165) is 48.6 Å². The fourth-order valence-electron chi connectivity index (χ4n) is 3.90. The molecule has 0 saturated carbocycles. The summed E-state index contributed by atoms with van der Waals surface area (Å²) in [6, 6.07) is 6.12. The van der Waals surface area contributed by atoms with Crippen molar-refractivity contribution in [3.05, 3.63) is 52.8 Å². The Morgan fingerprint density at radius 3 is 2.90 bits per heavy atom. The van der Waals surface area contributed by atoms with Crippen LogP contribution in [0.2, 0.25) is 0 Å². The number of rotatable bonds is 4. The molecule has 0 unspecified atom stereocenters. The van der Waals surface area contributed by atoms with Crippen LogP contribution in [-0.4, -0.2) is 32.7 Å². The van der Waals surface area contributed by atoms with Crippen molar-refractivity contribution in [2.75, 3.05) is 18.2 Å². The first-order valence-electron chi connectivity index (χ1n) is 9.80. The second kappa shape index (κ2) is 7.34. The van der Waals surface area contributed by atoms with Gasteiger partial charge in [0.05, 0.1) is 17.6 Å². The van der Waals surface area contributed by atoms with Crippen LogP contribution in [-0.2, 0) is 11.3 Å². The Bertz CT molecular complexity index is 1130. The molecule has 1 aromatic carbocycles. The van der Waals surface area contributed by atoms with Crippen LogP contribution in [0.4, 0.5) is 5.69 Å². The number of nitrogens with zero attached hydrogens (tertiary/aromatic N) is 4. The van der Waals surface area contributed by atoms with Crippen molar-refractivity contribution in [2.24, 2.45) is 5.92 Å². The van der Waals surface area contributed by atoms with E-state index in [1.54, 1.807) is 10.8 Å². The number of nitrogens with one attached hydrogen (secondary N) is 3. The Balaban J connectivity index is 1.49. The van der Waals surface area contributed by atoms with Crippen molar-refractivity contribution in [2.45, 2.75) is 26.3 Å². The zero-order valence-corrected chi connectivity index (χ0v) is 16.2. The van der Waals surface area contributed by atoms with E-state index in [1.807, 2.05) is 29.5 Å². The van der Waals surface area contributed by atoms with E-state index in [2.05, 4.69) is 33.9 Å². The quantitative estimate of drug-likeness (QED) is 0.622. The van der Waals surface area contributed by atoms with E-state index >= 15 is 0 Å². The van der Waals surface area contributed by atoms with E-state index in [0.29, 0.717) is 23.8 Å². The minimum absolute atomic E-state index is 0.158. The fourth-order valence-corrected chi connectivity index (χ4v) is 3.90. The molecule has 0 spiro atoms. The molecule has 0 aliphatic carbocycles. The van der Waals surface area contributed by atoms with Crippen molar-refractivity contribution in [3.8, 4) is 11.3 Å². The van der Waals surface area contributed by atoms with Gasteiger partial charge in [-0.3, -0.25) is 14.6 Å². The molecule has 5 rings (SSSR count). The average molecular weight is 393 g/mol. The molecule has 2 aromatic heterocycles. The van der Waals surface area contributed by atoms with Gasteiger partial charge >= 0.3 is 5.69 Å². The molecular weight excluding hydrogens is 370 g/mol. The van der Waals surface area contributed by atoms with Gasteiger partial charge < -0.3 is 10.2 Å². The van der Waals surface area contributed by atoms with Crippen LogP contribution in [0.25, 0.3) is 22.6 Å². The van der Waals surface area contributed by atoms with E-state index in [4.69, 9.17) is 9.72 Å². The lowest BCUT2D eigenvalue weighted by atomic mass is 10.0. The molecule has 29 heavy (non-hydrogen) atoms. The summed E-state index contributed by atoms with van der Waals surface area (Å²) in [6.45, 7) is 4.19. The molecule has 0 radical (unpaired) electrons. The van der Waals surface area contributed by atoms with Crippen molar-refractivity contribution in [1.82, 2.24) is 30.5 Å². The van der Waals surface area contributed by atoms with Crippen molar-refractivity contribution in [1.29, 1.82) is 0 Å². The summed E-state index contributed by atoms with van der Waals surface area (Å²) in [7, 11) is 0. The largest absolute Gasteiger partial charge is 0.381 e. The van der Waals surface area contributed by atoms with E-state index in [9.17, 15) is 4.79 Å². The Labute approximate surface area is 167 Å². The topological polar surface area (TPSA) is 100 Å². The highest BCUT2D eigenvalue weighted by molar-refractivity contribution is 5.72. The molecule has 3 aromatic rings. The molecule has 150 valence electrons. The molecule has 4 heterocycles. The molecule has 0 amide bonds. The van der Waals surface area contributed by atoms with E-state index in [1.165, 1.54) is 0 Å². The zero-order valence-electron chi connectivity index (χ0n) is 16.2. The van der Waals surface area contributed by atoms with Gasteiger partial charge in [0, 0.05) is 37.7 Å². The molecule has 9 nitrogen and oxygen atoms in total. The molecule has 2 aliphatic heterocycles. The standard InChI is InChI=1S/C20H23N7O2/c1-13-10-15(2-3-17(13)27-7-6-22-25-27)16-11-21-18-19(23-16)26(20(28)24-18)12-14-4-8-29-9-5-14/h2-3,6-7,10-11,14,22,25H,4-5,8-9,12H2,1H3,(H,21,24,28). The number of hydrogen-bond donors (Lipinski definition) is 3. The summed E-state index contributed by atoms with van der Waals surface area (Å²) >= 11 is 0. The normalized spacial score (nSPS) is 17.2. The summed E-state index contributed by atoms with van der Waals surface area (Å²) < 4.78 is 7.15. The van der Waals surface area contributed by atoms with Gasteiger partial charge in [0.2, 0.25) is 0 Å². The van der Waals surface area contributed by atoms with Crippen molar-refractivity contribution >= 4 is 17.0 Å². The number of H-pyrrole nitrogens is 1. The second-order valence-corrected chi connectivity index (χ2v) is 7.47. The Morgan fingerprint density at radius 1 is 1.28 bits per heavy atom. The number of hydrazine groups is 2. The Hall–Kier alpha value is -3.17. The first kappa shape index (κ1) is 17.9. The summed E-state index contributed by atoms with van der Waals surface area (Å²) in [5, 5.41) is 1.91. The minimum Gasteiger partial charge on any atom is -0.381 e. The second-order valence-electron chi connectivity index (χ2n) is 7.47. The minimum atomic E-state index is -0.158. The summed E-state index contributed by atoms with van der Waals surface area (Å²) in [5.74, 6) is 0.419. The summed E-state index contributed by atoms with van der Waals surface area (Å²) in [4.78, 5) is 24.5. The van der Waals surface area contributed by atoms with Crippen molar-refractivity contribution < 1.29 is 4.74 Å². The number of aryl methyl sites for hydroxylation is 1. The number of hydrogen-bond acceptors (Lipinski definition) is 7. The highest BCUT2D eigenvalue weighted by atomic mass is 16.5. The number of imidazole rings is 1. The zero-order chi connectivity index (χ0) is 19.8. The monoisotopic (exact) mass is 393 g/mol. The maximum atomic E-state index is 12.5. The predicted molar refractivity (Wildman–Crippen MR) is 110 cm³/mol. The summed E-state index contributed by atoms with van der Waals surface area (Å²) in [6.07, 6.45) is 7.38. The highest BCUT2D eigenvalue weighted by Gasteiger charge is 2.19. The lowest BCUT2D eigenvalue weighted by Crippen LogP contribution is -2.35. The number of anilines is 1. The number of aromatic nitrogens is 4. The number of aromatic amines is 1. The predicted octanol–water partition coefficient (Wildman–Crippen LogP) is 1.82. The lowest BCUT2D eigenvalue weighted by molar-refractivity contribution is 0.0613. The van der Waals surface area contributed by atoms with Crippen LogP contribution in [0.3, 0.4) is 0 Å². The third kappa shape index (κ3) is 3.39.